The summed E-state index contributed by atoms with van der Waals surface area (Å²) >= 11 is 0. The molecule has 6 nitrogen and oxygen atoms in total. The molecule has 1 rings (SSSR count). The van der Waals surface area contributed by atoms with Gasteiger partial charge in [-0.15, -0.1) is 0 Å². The maximum Gasteiger partial charge on any atom is 0.380 e. The van der Waals surface area contributed by atoms with Crippen LogP contribution >= 0.6 is 0 Å². The van der Waals surface area contributed by atoms with E-state index in [2.05, 4.69) is 14.3 Å². The van der Waals surface area contributed by atoms with Crippen LogP contribution in [0.3, 0.4) is 0 Å². The Hall–Kier alpha value is -1.34. The number of methoxy groups -OCH3 is 1. The van der Waals surface area contributed by atoms with Crippen LogP contribution in [-0.2, 0) is 10.3 Å². The highest BCUT2D eigenvalue weighted by Crippen LogP contribution is 2.17. The molecule has 0 aromatic carbocycles. The van der Waals surface area contributed by atoms with Crippen molar-refractivity contribution in [3.63, 3.8) is 0 Å². The molecule has 2 N–H and O–H groups in total. The second-order valence-electron chi connectivity index (χ2n) is 2.14. The molecule has 0 unspecified atom stereocenters. The molecule has 0 aliphatic heterocycles. The Morgan fingerprint density at radius 3 is 2.54 bits per heavy atom. The van der Waals surface area contributed by atoms with E-state index in [0.717, 1.165) is 0 Å². The molecule has 0 radical (unpaired) electrons. The van der Waals surface area contributed by atoms with E-state index in [9.17, 15) is 8.42 Å². The number of hydrogen-bond acceptors (Lipinski definition) is 5. The lowest BCUT2D eigenvalue weighted by Gasteiger charge is -2.03. The molecule has 1 heterocycles. The maximum absolute atomic E-state index is 10.5. The summed E-state index contributed by atoms with van der Waals surface area (Å²) < 4.78 is 30.1. The standard InChI is InChI=1S/C6H8N2O4S/c1-11-5-2-6(4-8-3-5)12-13(7,9)10/h2-4H,1H3,(H2,7,9,10). The number of ether oxygens (including phenoxy) is 1. The molecule has 1 aromatic rings. The number of hydrogen-bond donors (Lipinski definition) is 1. The molecule has 0 saturated heterocycles. The quantitative estimate of drug-likeness (QED) is 0.728. The van der Waals surface area contributed by atoms with Crippen molar-refractivity contribution in [2.24, 2.45) is 5.14 Å². The zero-order valence-electron chi connectivity index (χ0n) is 6.80. The monoisotopic (exact) mass is 204 g/mol. The summed E-state index contributed by atoms with van der Waals surface area (Å²) in [5, 5.41) is 4.64. The van der Waals surface area contributed by atoms with E-state index in [1.165, 1.54) is 25.6 Å². The number of rotatable bonds is 3. The molecule has 0 bridgehead atoms. The summed E-state index contributed by atoms with van der Waals surface area (Å²) in [5.74, 6) is 0.406. The highest BCUT2D eigenvalue weighted by molar-refractivity contribution is 7.84. The molecule has 0 aliphatic carbocycles. The summed E-state index contributed by atoms with van der Waals surface area (Å²) in [4.78, 5) is 3.67. The fourth-order valence-electron chi connectivity index (χ4n) is 0.690. The van der Waals surface area contributed by atoms with Gasteiger partial charge in [-0.25, -0.2) is 0 Å². The first-order chi connectivity index (χ1) is 6.01. The molecule has 72 valence electrons. The molecular weight excluding hydrogens is 196 g/mol. The summed E-state index contributed by atoms with van der Waals surface area (Å²) in [6.45, 7) is 0. The van der Waals surface area contributed by atoms with Crippen LogP contribution in [0, 0.1) is 0 Å². The zero-order chi connectivity index (χ0) is 9.90. The van der Waals surface area contributed by atoms with Crippen LogP contribution in [0.1, 0.15) is 0 Å². The Labute approximate surface area is 75.6 Å². The van der Waals surface area contributed by atoms with E-state index in [4.69, 9.17) is 4.74 Å². The van der Waals surface area contributed by atoms with Gasteiger partial charge in [0.25, 0.3) is 0 Å². The number of nitrogens with two attached hydrogens (primary N) is 1. The van der Waals surface area contributed by atoms with E-state index in [-0.39, 0.29) is 5.75 Å². The first-order valence-corrected chi connectivity index (χ1v) is 4.69. The summed E-state index contributed by atoms with van der Waals surface area (Å²) in [5.41, 5.74) is 0. The maximum atomic E-state index is 10.5. The van der Waals surface area contributed by atoms with E-state index in [1.807, 2.05) is 0 Å². The molecule has 0 amide bonds. The van der Waals surface area contributed by atoms with Gasteiger partial charge in [0.15, 0.2) is 5.75 Å². The fraction of sp³-hybridized carbons (Fsp3) is 0.167. The van der Waals surface area contributed by atoms with Gasteiger partial charge in [-0.05, 0) is 0 Å². The minimum absolute atomic E-state index is 0.0156. The van der Waals surface area contributed by atoms with Gasteiger partial charge in [0.05, 0.1) is 19.5 Å². The van der Waals surface area contributed by atoms with Crippen molar-refractivity contribution >= 4 is 10.3 Å². The second-order valence-corrected chi connectivity index (χ2v) is 3.29. The van der Waals surface area contributed by atoms with Crippen molar-refractivity contribution in [1.82, 2.24) is 4.98 Å². The molecule has 0 atom stereocenters. The van der Waals surface area contributed by atoms with Crippen LogP contribution in [0.15, 0.2) is 18.5 Å². The largest absolute Gasteiger partial charge is 0.495 e. The summed E-state index contributed by atoms with van der Waals surface area (Å²) in [7, 11) is -2.57. The third-order valence-corrected chi connectivity index (χ3v) is 1.56. The van der Waals surface area contributed by atoms with Crippen LogP contribution in [0.25, 0.3) is 0 Å². The fourth-order valence-corrected chi connectivity index (χ4v) is 1.05. The molecule has 0 fully saturated rings. The lowest BCUT2D eigenvalue weighted by molar-refractivity contribution is 0.409. The first kappa shape index (κ1) is 9.75. The highest BCUT2D eigenvalue weighted by atomic mass is 32.2. The van der Waals surface area contributed by atoms with Gasteiger partial charge in [0.2, 0.25) is 0 Å². The lowest BCUT2D eigenvalue weighted by atomic mass is 10.4. The van der Waals surface area contributed by atoms with Gasteiger partial charge in [0.1, 0.15) is 5.75 Å². The van der Waals surface area contributed by atoms with E-state index >= 15 is 0 Å². The average Bonchev–Trinajstić information content (AvgIpc) is 2.01. The van der Waals surface area contributed by atoms with Crippen molar-refractivity contribution in [3.05, 3.63) is 18.5 Å². The van der Waals surface area contributed by atoms with Gasteiger partial charge in [-0.1, -0.05) is 0 Å². The Morgan fingerprint density at radius 1 is 1.38 bits per heavy atom. The Morgan fingerprint density at radius 2 is 2.00 bits per heavy atom. The van der Waals surface area contributed by atoms with E-state index in [1.54, 1.807) is 0 Å². The first-order valence-electron chi connectivity index (χ1n) is 3.22. The Bertz CT molecular complexity index is 389. The molecule has 0 saturated carbocycles. The topological polar surface area (TPSA) is 91.5 Å². The van der Waals surface area contributed by atoms with Crippen molar-refractivity contribution in [2.45, 2.75) is 0 Å². The van der Waals surface area contributed by atoms with Crippen molar-refractivity contribution in [3.8, 4) is 11.5 Å². The lowest BCUT2D eigenvalue weighted by Crippen LogP contribution is -2.19. The minimum atomic E-state index is -4.00. The van der Waals surface area contributed by atoms with E-state index in [0.29, 0.717) is 5.75 Å². The van der Waals surface area contributed by atoms with Gasteiger partial charge in [0, 0.05) is 6.07 Å². The van der Waals surface area contributed by atoms with Crippen LogP contribution in [-0.4, -0.2) is 20.5 Å². The van der Waals surface area contributed by atoms with Crippen LogP contribution < -0.4 is 14.1 Å². The minimum Gasteiger partial charge on any atom is -0.495 e. The predicted molar refractivity (Wildman–Crippen MR) is 44.5 cm³/mol. The molecule has 0 aliphatic rings. The molecular formula is C6H8N2O4S. The van der Waals surface area contributed by atoms with Crippen LogP contribution in [0.2, 0.25) is 0 Å². The van der Waals surface area contributed by atoms with Gasteiger partial charge >= 0.3 is 10.3 Å². The molecule has 1 aromatic heterocycles. The van der Waals surface area contributed by atoms with Crippen molar-refractivity contribution < 1.29 is 17.3 Å². The Balaban J connectivity index is 2.90. The van der Waals surface area contributed by atoms with Gasteiger partial charge < -0.3 is 8.92 Å². The number of pyridine rings is 1. The van der Waals surface area contributed by atoms with Crippen molar-refractivity contribution in [1.29, 1.82) is 0 Å². The summed E-state index contributed by atoms with van der Waals surface area (Å²) in [6, 6.07) is 1.36. The normalized spacial score (nSPS) is 10.9. The smallest absolute Gasteiger partial charge is 0.380 e. The number of nitrogens with zero attached hydrogens (tertiary/aromatic N) is 1. The Kier molecular flexibility index (Phi) is 2.69. The SMILES string of the molecule is COc1cncc(OS(N)(=O)=O)c1. The zero-order valence-corrected chi connectivity index (χ0v) is 7.61. The molecule has 0 spiro atoms. The molecule has 13 heavy (non-hydrogen) atoms. The second kappa shape index (κ2) is 3.58. The van der Waals surface area contributed by atoms with Gasteiger partial charge in [-0.2, -0.15) is 13.6 Å². The number of aromatic nitrogens is 1. The third kappa shape index (κ3) is 3.26. The third-order valence-electron chi connectivity index (χ3n) is 1.14. The van der Waals surface area contributed by atoms with Crippen LogP contribution in [0.4, 0.5) is 0 Å². The van der Waals surface area contributed by atoms with Gasteiger partial charge in [-0.3, -0.25) is 4.98 Å². The summed E-state index contributed by atoms with van der Waals surface area (Å²) in [6.07, 6.45) is 2.63. The van der Waals surface area contributed by atoms with Crippen molar-refractivity contribution in [2.75, 3.05) is 7.11 Å². The van der Waals surface area contributed by atoms with E-state index < -0.39 is 10.3 Å². The van der Waals surface area contributed by atoms with Crippen LogP contribution in [0.5, 0.6) is 11.5 Å². The molecule has 7 heteroatoms. The average molecular weight is 204 g/mol. The highest BCUT2D eigenvalue weighted by Gasteiger charge is 2.05. The predicted octanol–water partition coefficient (Wildman–Crippen LogP) is -0.327.